The summed E-state index contributed by atoms with van der Waals surface area (Å²) in [6.45, 7) is 17.0. The number of aliphatic hydroxyl groups is 2. The number of allylic oxidation sites excluding steroid dienone is 8. The number of amides is 1. The minimum absolute atomic E-state index is 0.0130. The predicted octanol–water partition coefficient (Wildman–Crippen LogP) is 12.1. The fourth-order valence-electron chi connectivity index (χ4n) is 12.4. The van der Waals surface area contributed by atoms with Crippen LogP contribution in [0.5, 0.6) is 0 Å². The predicted molar refractivity (Wildman–Crippen MR) is 297 cm³/mol. The van der Waals surface area contributed by atoms with Gasteiger partial charge in [0.05, 0.1) is 12.0 Å². The first-order valence-corrected chi connectivity index (χ1v) is 26.5. The van der Waals surface area contributed by atoms with E-state index in [9.17, 15) is 15.0 Å². The summed E-state index contributed by atoms with van der Waals surface area (Å²) in [6, 6.07) is 34.9. The van der Waals surface area contributed by atoms with E-state index in [1.165, 1.54) is 72.1 Å². The quantitative estimate of drug-likeness (QED) is 0.0586. The number of benzene rings is 4. The Kier molecular flexibility index (Phi) is 15.1. The zero-order valence-electron chi connectivity index (χ0n) is 44.3. The van der Waals surface area contributed by atoms with Crippen LogP contribution in [0.4, 0.5) is 11.4 Å². The molecule has 0 bridgehead atoms. The average molecular weight is 978 g/mol. The number of fused-ring (bicyclic) bond motifs is 6. The lowest BCUT2D eigenvalue weighted by Crippen LogP contribution is -2.40. The highest BCUT2D eigenvalue weighted by Gasteiger charge is 2.46. The molecular weight excluding hydrogens is 903 g/mol. The molecule has 3 atom stereocenters. The lowest BCUT2D eigenvalue weighted by molar-refractivity contribution is -0.580. The maximum atomic E-state index is 13.6. The summed E-state index contributed by atoms with van der Waals surface area (Å²) in [6.07, 6.45) is 22.6. The molecule has 9 nitrogen and oxygen atoms in total. The van der Waals surface area contributed by atoms with Gasteiger partial charge in [-0.05, 0) is 139 Å². The smallest absolute Gasteiger partial charge is 0.227 e. The summed E-state index contributed by atoms with van der Waals surface area (Å²) in [7, 11) is 1.60. The molecule has 4 aromatic carbocycles. The molecule has 6 aromatic rings. The van der Waals surface area contributed by atoms with Gasteiger partial charge in [-0.15, -0.1) is 0 Å². The van der Waals surface area contributed by atoms with Crippen LogP contribution in [-0.4, -0.2) is 71.5 Å². The van der Waals surface area contributed by atoms with Crippen LogP contribution < -0.4 is 14.8 Å². The molecule has 3 N–H and O–H groups in total. The van der Waals surface area contributed by atoms with Gasteiger partial charge in [-0.1, -0.05) is 95.3 Å². The van der Waals surface area contributed by atoms with Gasteiger partial charge >= 0.3 is 0 Å². The van der Waals surface area contributed by atoms with Crippen molar-refractivity contribution >= 4 is 50.2 Å². The zero-order valence-corrected chi connectivity index (χ0v) is 44.3. The van der Waals surface area contributed by atoms with Crippen molar-refractivity contribution in [1.29, 1.82) is 0 Å². The first-order chi connectivity index (χ1) is 35.2. The van der Waals surface area contributed by atoms with Crippen molar-refractivity contribution < 1.29 is 28.9 Å². The minimum atomic E-state index is -0.571. The summed E-state index contributed by atoms with van der Waals surface area (Å²) >= 11 is 0. The number of carbonyl (C=O) groups excluding carboxylic acids is 1. The van der Waals surface area contributed by atoms with E-state index in [-0.39, 0.29) is 48.5 Å². The molecule has 378 valence electrons. The van der Waals surface area contributed by atoms with Gasteiger partial charge in [-0.2, -0.15) is 9.14 Å². The summed E-state index contributed by atoms with van der Waals surface area (Å²) < 4.78 is 9.86. The Bertz CT molecular complexity index is 3160. The highest BCUT2D eigenvalue weighted by Crippen LogP contribution is 2.51. The number of aromatic nitrogens is 2. The maximum absolute atomic E-state index is 13.6. The van der Waals surface area contributed by atoms with E-state index in [2.05, 4.69) is 207 Å². The van der Waals surface area contributed by atoms with Crippen LogP contribution in [0.3, 0.4) is 0 Å². The van der Waals surface area contributed by atoms with Gasteiger partial charge < -0.3 is 25.2 Å². The SMILES string of the molecule is CCC(C)(CC(CC(C)c1cc[n+](C2=C(C=CC3=[N+](CCO)c4ccc5ccccc5c4C3(C)C)CCCC2=CC=C2N(CCO)c3ccc4ccccc4c3C2(C)C)cc1)c1ccncc1)C(=O)NCOC. The third kappa shape index (κ3) is 9.87. The number of rotatable bonds is 18. The molecule has 0 saturated carbocycles. The number of methoxy groups -OCH3 is 1. The average Bonchev–Trinajstić information content (AvgIpc) is 3.77. The Hall–Kier alpha value is -6.52. The molecule has 2 aliphatic heterocycles. The first-order valence-electron chi connectivity index (χ1n) is 26.5. The van der Waals surface area contributed by atoms with Crippen molar-refractivity contribution in [3.8, 4) is 0 Å². The van der Waals surface area contributed by atoms with Crippen molar-refractivity contribution in [2.24, 2.45) is 5.41 Å². The van der Waals surface area contributed by atoms with E-state index < -0.39 is 5.41 Å². The molecule has 2 aromatic heterocycles. The Morgan fingerprint density at radius 3 is 2.19 bits per heavy atom. The highest BCUT2D eigenvalue weighted by molar-refractivity contribution is 6.08. The molecule has 3 aliphatic rings. The molecule has 3 unspecified atom stereocenters. The fraction of sp³-hybridized carbons (Fsp3) is 0.375. The lowest BCUT2D eigenvalue weighted by Gasteiger charge is -2.32. The summed E-state index contributed by atoms with van der Waals surface area (Å²) in [4.78, 5) is 20.2. The van der Waals surface area contributed by atoms with E-state index in [1.54, 1.807) is 7.11 Å². The van der Waals surface area contributed by atoms with Gasteiger partial charge in [0.2, 0.25) is 17.3 Å². The van der Waals surface area contributed by atoms with Gasteiger partial charge in [0, 0.05) is 89.2 Å². The number of aliphatic hydroxyl groups excluding tert-OH is 2. The summed E-state index contributed by atoms with van der Waals surface area (Å²) in [5, 5.41) is 28.9. The standard InChI is InChI=1S/C64H74N5O4/c1-9-64(7,61(72)66-43-73-8)42-51(46-29-33-65-34-30-46)41-44(2)45-31-35-67(36-32-45)60-49(23-27-56-62(3,4)58-52-19-12-10-15-47(52)21-25-54(58)68(56)37-39-70)17-14-18-50(60)24-28-57-63(5,6)59-53-20-13-11-16-48(53)22-26-55(59)69(57)38-40-71/h10-13,15-16,19-36,44,51,70-71H,9,14,17-18,37-43H2,1-8H3/q+1/p+1. The third-order valence-corrected chi connectivity index (χ3v) is 16.4. The number of ether oxygens (including phenoxy) is 1. The van der Waals surface area contributed by atoms with E-state index in [1.807, 2.05) is 12.4 Å². The van der Waals surface area contributed by atoms with Crippen LogP contribution in [0.2, 0.25) is 0 Å². The van der Waals surface area contributed by atoms with Crippen LogP contribution in [-0.2, 0) is 20.4 Å². The Labute approximate surface area is 433 Å². The van der Waals surface area contributed by atoms with Crippen LogP contribution in [0.15, 0.2) is 163 Å². The molecule has 0 fully saturated rings. The van der Waals surface area contributed by atoms with E-state index in [4.69, 9.17) is 4.74 Å². The largest absolute Gasteiger partial charge is 0.395 e. The molecule has 1 aliphatic carbocycles. The zero-order chi connectivity index (χ0) is 51.5. The Morgan fingerprint density at radius 2 is 1.52 bits per heavy atom. The van der Waals surface area contributed by atoms with Gasteiger partial charge in [0.15, 0.2) is 24.7 Å². The van der Waals surface area contributed by atoms with Crippen molar-refractivity contribution in [2.75, 3.05) is 45.0 Å². The number of β-amino-alcohol motifs (C(OH)–C–C–N with tert-alkyl or cyclic N) is 2. The topological polar surface area (TPSA) is 102 Å². The molecule has 0 radical (unpaired) electrons. The van der Waals surface area contributed by atoms with Gasteiger partial charge in [0.1, 0.15) is 13.3 Å². The molecule has 4 heterocycles. The maximum Gasteiger partial charge on any atom is 0.227 e. The van der Waals surface area contributed by atoms with Crippen LogP contribution in [0, 0.1) is 5.41 Å². The molecular formula is C64H75N5O4+2. The van der Waals surface area contributed by atoms with Crippen molar-refractivity contribution in [3.05, 3.63) is 185 Å². The second kappa shape index (κ2) is 21.5. The van der Waals surface area contributed by atoms with E-state index >= 15 is 0 Å². The summed E-state index contributed by atoms with van der Waals surface area (Å²) in [5.41, 5.74) is 12.2. The fourth-order valence-corrected chi connectivity index (χ4v) is 12.4. The Morgan fingerprint density at radius 1 is 0.836 bits per heavy atom. The van der Waals surface area contributed by atoms with Crippen LogP contribution >= 0.6 is 0 Å². The van der Waals surface area contributed by atoms with Crippen molar-refractivity contribution in [1.82, 2.24) is 10.3 Å². The monoisotopic (exact) mass is 978 g/mol. The molecule has 0 spiro atoms. The lowest BCUT2D eigenvalue weighted by atomic mass is 9.73. The number of nitrogens with zero attached hydrogens (tertiary/aromatic N) is 4. The van der Waals surface area contributed by atoms with E-state index in [0.717, 1.165) is 37.1 Å². The molecule has 73 heavy (non-hydrogen) atoms. The molecule has 0 saturated heterocycles. The summed E-state index contributed by atoms with van der Waals surface area (Å²) in [5.74, 6) is 0.343. The van der Waals surface area contributed by atoms with Gasteiger partial charge in [0.25, 0.3) is 0 Å². The number of nitrogens with one attached hydrogen (secondary N) is 1. The normalized spacial score (nSPS) is 19.0. The second-order valence-electron chi connectivity index (χ2n) is 21.8. The van der Waals surface area contributed by atoms with Crippen molar-refractivity contribution in [3.63, 3.8) is 0 Å². The van der Waals surface area contributed by atoms with E-state index in [0.29, 0.717) is 25.9 Å². The number of hydrogen-bond donors (Lipinski definition) is 3. The third-order valence-electron chi connectivity index (χ3n) is 16.4. The first kappa shape index (κ1) is 51.4. The minimum Gasteiger partial charge on any atom is -0.395 e. The van der Waals surface area contributed by atoms with Gasteiger partial charge in [-0.3, -0.25) is 9.78 Å². The van der Waals surface area contributed by atoms with Crippen LogP contribution in [0.25, 0.3) is 27.2 Å². The Balaban J connectivity index is 1.13. The number of anilines is 1. The number of hydrogen-bond acceptors (Lipinski definition) is 6. The van der Waals surface area contributed by atoms with Crippen molar-refractivity contribution in [2.45, 2.75) is 110 Å². The van der Waals surface area contributed by atoms with Gasteiger partial charge in [-0.25, -0.2) is 0 Å². The number of carbonyl (C=O) groups is 1. The molecule has 9 rings (SSSR count). The molecule has 9 heteroatoms. The number of pyridine rings is 2. The molecule has 1 amide bonds. The van der Waals surface area contributed by atoms with Crippen LogP contribution in [0.1, 0.15) is 121 Å². The second-order valence-corrected chi connectivity index (χ2v) is 21.8. The highest BCUT2D eigenvalue weighted by atomic mass is 16.5.